The van der Waals surface area contributed by atoms with Crippen LogP contribution in [0.3, 0.4) is 0 Å². The van der Waals surface area contributed by atoms with E-state index < -0.39 is 0 Å². The largest absolute Gasteiger partial charge is 0.324 e. The number of benzene rings is 2. The fraction of sp³-hybridized carbons (Fsp3) is 0. The van der Waals surface area contributed by atoms with Crippen LogP contribution in [-0.4, -0.2) is 10.9 Å². The van der Waals surface area contributed by atoms with Gasteiger partial charge in [-0.2, -0.15) is 0 Å². The number of para-hydroxylation sites is 1. The predicted molar refractivity (Wildman–Crippen MR) is 103 cm³/mol. The first-order chi connectivity index (χ1) is 13.2. The van der Waals surface area contributed by atoms with Gasteiger partial charge in [0.2, 0.25) is 5.91 Å². The summed E-state index contributed by atoms with van der Waals surface area (Å²) in [5, 5.41) is 3.85. The second-order valence-corrected chi connectivity index (χ2v) is 5.95. The molecule has 1 aromatic heterocycles. The van der Waals surface area contributed by atoms with E-state index in [-0.39, 0.29) is 11.7 Å². The highest BCUT2D eigenvalue weighted by Gasteiger charge is 2.34. The van der Waals surface area contributed by atoms with Crippen molar-refractivity contribution >= 4 is 22.5 Å². The van der Waals surface area contributed by atoms with Gasteiger partial charge < -0.3 is 5.32 Å². The zero-order valence-corrected chi connectivity index (χ0v) is 14.2. The van der Waals surface area contributed by atoms with E-state index in [2.05, 4.69) is 22.1 Å². The van der Waals surface area contributed by atoms with Crippen molar-refractivity contribution in [3.05, 3.63) is 103 Å². The molecule has 0 aliphatic heterocycles. The number of carbonyl (C=O) groups excluding carboxylic acids is 1. The van der Waals surface area contributed by atoms with Crippen LogP contribution in [-0.2, 0) is 4.79 Å². The molecule has 1 aliphatic rings. The van der Waals surface area contributed by atoms with E-state index in [0.29, 0.717) is 23.1 Å². The number of carbonyl (C=O) groups is 1. The Morgan fingerprint density at radius 2 is 1.85 bits per heavy atom. The summed E-state index contributed by atoms with van der Waals surface area (Å²) in [5.74, 6) is 6.29. The highest BCUT2D eigenvalue weighted by atomic mass is 19.1. The van der Waals surface area contributed by atoms with Crippen LogP contribution in [0.2, 0.25) is 0 Å². The number of halogens is 1. The monoisotopic (exact) mass is 353 g/mol. The lowest BCUT2D eigenvalue weighted by Gasteiger charge is -2.14. The van der Waals surface area contributed by atoms with Gasteiger partial charge in [0.25, 0.3) is 0 Å². The molecule has 1 heterocycles. The van der Waals surface area contributed by atoms with E-state index >= 15 is 0 Å². The van der Waals surface area contributed by atoms with Crippen LogP contribution in [0, 0.1) is 48.8 Å². The van der Waals surface area contributed by atoms with Gasteiger partial charge in [-0.05, 0) is 49.6 Å². The number of aromatic nitrogens is 1. The van der Waals surface area contributed by atoms with Gasteiger partial charge in [-0.25, -0.2) is 4.39 Å². The second kappa shape index (κ2) is 7.59. The first kappa shape index (κ1) is 17.2. The summed E-state index contributed by atoms with van der Waals surface area (Å²) >= 11 is 0. The summed E-state index contributed by atoms with van der Waals surface area (Å²) in [6.45, 7) is 0. The average Bonchev–Trinajstić information content (AvgIpc) is 3.15. The molecule has 0 atom stereocenters. The van der Waals surface area contributed by atoms with Crippen molar-refractivity contribution in [1.29, 1.82) is 0 Å². The molecule has 4 heteroatoms. The molecule has 2 aromatic carbocycles. The van der Waals surface area contributed by atoms with Crippen LogP contribution < -0.4 is 5.32 Å². The molecular formula is C23H14FN2O. The quantitative estimate of drug-likeness (QED) is 0.704. The van der Waals surface area contributed by atoms with Gasteiger partial charge in [0.1, 0.15) is 5.82 Å². The standard InChI is InChI=1S/C23H14FN2O/c24-19-9-1-5-16(15-19)12-13-17-6-2-10-20(17)23(27)26-21-11-3-7-18-8-4-14-25-22(18)21/h1-11,14-15H,(H,26,27). The Morgan fingerprint density at radius 1 is 1.00 bits per heavy atom. The number of rotatable bonds is 2. The second-order valence-electron chi connectivity index (χ2n) is 5.95. The smallest absolute Gasteiger partial charge is 0.233 e. The highest BCUT2D eigenvalue weighted by Crippen LogP contribution is 2.34. The number of anilines is 1. The first-order valence-electron chi connectivity index (χ1n) is 8.39. The molecule has 1 fully saturated rings. The maximum atomic E-state index is 13.3. The Labute approximate surface area is 157 Å². The summed E-state index contributed by atoms with van der Waals surface area (Å²) in [6.07, 6.45) is 6.94. The van der Waals surface area contributed by atoms with Crippen molar-refractivity contribution in [3.63, 3.8) is 0 Å². The Bertz CT molecular complexity index is 1050. The minimum absolute atomic E-state index is 0.262. The van der Waals surface area contributed by atoms with Crippen molar-refractivity contribution in [2.24, 2.45) is 0 Å². The van der Waals surface area contributed by atoms with Crippen LogP contribution >= 0.6 is 0 Å². The van der Waals surface area contributed by atoms with Gasteiger partial charge in [0.15, 0.2) is 0 Å². The van der Waals surface area contributed by atoms with Crippen molar-refractivity contribution < 1.29 is 9.18 Å². The topological polar surface area (TPSA) is 42.0 Å². The average molecular weight is 353 g/mol. The molecule has 0 spiro atoms. The summed E-state index contributed by atoms with van der Waals surface area (Å²) in [6, 6.07) is 15.5. The number of nitrogens with zero attached hydrogens (tertiary/aromatic N) is 1. The van der Waals surface area contributed by atoms with Crippen LogP contribution in [0.15, 0.2) is 60.8 Å². The summed E-state index contributed by atoms with van der Waals surface area (Å²) in [4.78, 5) is 17.1. The zero-order chi connectivity index (χ0) is 18.6. The van der Waals surface area contributed by atoms with Crippen LogP contribution in [0.1, 0.15) is 5.56 Å². The van der Waals surface area contributed by atoms with E-state index in [0.717, 1.165) is 10.9 Å². The van der Waals surface area contributed by atoms with E-state index in [9.17, 15) is 9.18 Å². The van der Waals surface area contributed by atoms with E-state index in [1.165, 1.54) is 12.1 Å². The minimum atomic E-state index is -0.342. The lowest BCUT2D eigenvalue weighted by atomic mass is 9.95. The maximum Gasteiger partial charge on any atom is 0.233 e. The molecule has 3 nitrogen and oxygen atoms in total. The van der Waals surface area contributed by atoms with Gasteiger partial charge in [0, 0.05) is 17.1 Å². The van der Waals surface area contributed by atoms with Crippen molar-refractivity contribution in [2.45, 2.75) is 0 Å². The van der Waals surface area contributed by atoms with E-state index in [1.807, 2.05) is 30.3 Å². The lowest BCUT2D eigenvalue weighted by Crippen LogP contribution is -2.23. The minimum Gasteiger partial charge on any atom is -0.324 e. The lowest BCUT2D eigenvalue weighted by molar-refractivity contribution is -0.114. The van der Waals surface area contributed by atoms with Crippen LogP contribution in [0.25, 0.3) is 10.9 Å². The summed E-state index contributed by atoms with van der Waals surface area (Å²) in [5.41, 5.74) is 1.93. The molecule has 1 aliphatic carbocycles. The Balaban J connectivity index is 1.53. The third-order valence-corrected chi connectivity index (χ3v) is 4.11. The molecule has 1 amide bonds. The molecule has 1 saturated carbocycles. The van der Waals surface area contributed by atoms with E-state index in [1.54, 1.807) is 37.6 Å². The van der Waals surface area contributed by atoms with Crippen molar-refractivity contribution in [1.82, 2.24) is 4.98 Å². The molecule has 4 rings (SSSR count). The molecule has 129 valence electrons. The number of hydrogen-bond acceptors (Lipinski definition) is 2. The SMILES string of the molecule is O=C(Nc1cccc2cccnc12)[C]1[CH][CH][CH][C]1C#Cc1cccc(F)c1. The van der Waals surface area contributed by atoms with Crippen LogP contribution in [0.5, 0.6) is 0 Å². The molecule has 5 radical (unpaired) electrons. The fourth-order valence-corrected chi connectivity index (χ4v) is 2.83. The Morgan fingerprint density at radius 3 is 2.74 bits per heavy atom. The van der Waals surface area contributed by atoms with Gasteiger partial charge in [-0.3, -0.25) is 9.78 Å². The number of pyridine rings is 1. The van der Waals surface area contributed by atoms with Crippen LogP contribution in [0.4, 0.5) is 10.1 Å². The predicted octanol–water partition coefficient (Wildman–Crippen LogP) is 4.14. The third kappa shape index (κ3) is 3.83. The summed E-state index contributed by atoms with van der Waals surface area (Å²) in [7, 11) is 0. The summed E-state index contributed by atoms with van der Waals surface area (Å²) < 4.78 is 13.3. The number of nitrogens with one attached hydrogen (secondary N) is 1. The highest BCUT2D eigenvalue weighted by molar-refractivity contribution is 6.10. The van der Waals surface area contributed by atoms with Gasteiger partial charge >= 0.3 is 0 Å². The number of hydrogen-bond donors (Lipinski definition) is 1. The molecule has 3 aromatic rings. The molecular weight excluding hydrogens is 339 g/mol. The number of fused-ring (bicyclic) bond motifs is 1. The van der Waals surface area contributed by atoms with Crippen molar-refractivity contribution in [3.8, 4) is 11.8 Å². The van der Waals surface area contributed by atoms with Gasteiger partial charge in [-0.1, -0.05) is 36.1 Å². The molecule has 27 heavy (non-hydrogen) atoms. The normalized spacial score (nSPS) is 14.7. The number of amides is 1. The Hall–Kier alpha value is -3.19. The molecule has 0 bridgehead atoms. The molecule has 1 N–H and O–H groups in total. The van der Waals surface area contributed by atoms with Crippen molar-refractivity contribution in [2.75, 3.05) is 5.32 Å². The van der Waals surface area contributed by atoms with Gasteiger partial charge in [0.05, 0.1) is 23.0 Å². The first-order valence-corrected chi connectivity index (χ1v) is 8.39. The zero-order valence-electron chi connectivity index (χ0n) is 14.2. The fourth-order valence-electron chi connectivity index (χ4n) is 2.83. The molecule has 0 saturated heterocycles. The third-order valence-electron chi connectivity index (χ3n) is 4.11. The maximum absolute atomic E-state index is 13.3. The van der Waals surface area contributed by atoms with E-state index in [4.69, 9.17) is 0 Å². The molecule has 0 unspecified atom stereocenters. The Kier molecular flexibility index (Phi) is 4.84. The van der Waals surface area contributed by atoms with Gasteiger partial charge in [-0.15, -0.1) is 0 Å².